The van der Waals surface area contributed by atoms with E-state index in [0.29, 0.717) is 18.8 Å². The van der Waals surface area contributed by atoms with Gasteiger partial charge in [0.1, 0.15) is 18.4 Å². The number of primary amides is 1. The highest BCUT2D eigenvalue weighted by atomic mass is 16.5. The van der Waals surface area contributed by atoms with E-state index in [0.717, 1.165) is 11.1 Å². The van der Waals surface area contributed by atoms with Gasteiger partial charge in [-0.25, -0.2) is 0 Å². The van der Waals surface area contributed by atoms with Crippen molar-refractivity contribution in [1.82, 2.24) is 5.32 Å². The van der Waals surface area contributed by atoms with Gasteiger partial charge in [0.2, 0.25) is 11.8 Å². The fraction of sp³-hybridized carbons (Fsp3) is 0.222. The monoisotopic (exact) mass is 312 g/mol. The van der Waals surface area contributed by atoms with Gasteiger partial charge in [0.25, 0.3) is 0 Å². The third-order valence-corrected chi connectivity index (χ3v) is 3.31. The number of hydrogen-bond acceptors (Lipinski definition) is 3. The Kier molecular flexibility index (Phi) is 5.74. The van der Waals surface area contributed by atoms with E-state index < -0.39 is 11.9 Å². The molecule has 0 aliphatic heterocycles. The summed E-state index contributed by atoms with van der Waals surface area (Å²) in [6, 6.07) is 16.5. The molecule has 0 bridgehead atoms. The lowest BCUT2D eigenvalue weighted by atomic mass is 10.1. The smallest absolute Gasteiger partial charge is 0.240 e. The van der Waals surface area contributed by atoms with Gasteiger partial charge in [-0.05, 0) is 23.3 Å². The Bertz CT molecular complexity index is 671. The average molecular weight is 312 g/mol. The molecule has 2 aromatic carbocycles. The van der Waals surface area contributed by atoms with Crippen molar-refractivity contribution < 1.29 is 14.3 Å². The molecule has 120 valence electrons. The summed E-state index contributed by atoms with van der Waals surface area (Å²) in [6.45, 7) is 1.82. The number of carbonyl (C=O) groups is 2. The molecule has 0 aromatic heterocycles. The average Bonchev–Trinajstić information content (AvgIpc) is 2.53. The maximum absolute atomic E-state index is 11.4. The predicted octanol–water partition coefficient (Wildman–Crippen LogP) is 1.80. The van der Waals surface area contributed by atoms with Crippen LogP contribution >= 0.6 is 0 Å². The van der Waals surface area contributed by atoms with Crippen LogP contribution in [0.5, 0.6) is 5.75 Å². The molecule has 0 aliphatic rings. The van der Waals surface area contributed by atoms with Crippen molar-refractivity contribution in [2.75, 3.05) is 0 Å². The first-order valence-electron chi connectivity index (χ1n) is 7.36. The van der Waals surface area contributed by atoms with Gasteiger partial charge in [-0.1, -0.05) is 42.5 Å². The van der Waals surface area contributed by atoms with Gasteiger partial charge in [0.05, 0.1) is 0 Å². The number of benzene rings is 2. The van der Waals surface area contributed by atoms with Crippen molar-refractivity contribution in [2.45, 2.75) is 26.0 Å². The number of ether oxygens (including phenoxy) is 1. The summed E-state index contributed by atoms with van der Waals surface area (Å²) in [7, 11) is 0. The Morgan fingerprint density at radius 2 is 1.78 bits per heavy atom. The van der Waals surface area contributed by atoms with Crippen molar-refractivity contribution in [2.24, 2.45) is 5.73 Å². The van der Waals surface area contributed by atoms with Gasteiger partial charge in [-0.15, -0.1) is 0 Å². The zero-order valence-electron chi connectivity index (χ0n) is 13.0. The van der Waals surface area contributed by atoms with Crippen LogP contribution in [0.25, 0.3) is 0 Å². The van der Waals surface area contributed by atoms with Crippen LogP contribution in [0.4, 0.5) is 0 Å². The molecule has 0 unspecified atom stereocenters. The molecule has 0 saturated heterocycles. The minimum Gasteiger partial charge on any atom is -0.489 e. The summed E-state index contributed by atoms with van der Waals surface area (Å²) >= 11 is 0. The van der Waals surface area contributed by atoms with Gasteiger partial charge in [0, 0.05) is 13.3 Å². The van der Waals surface area contributed by atoms with Crippen LogP contribution in [0, 0.1) is 0 Å². The molecule has 2 amide bonds. The second-order valence-electron chi connectivity index (χ2n) is 5.28. The largest absolute Gasteiger partial charge is 0.489 e. The number of amides is 2. The van der Waals surface area contributed by atoms with Gasteiger partial charge in [-0.2, -0.15) is 0 Å². The van der Waals surface area contributed by atoms with E-state index >= 15 is 0 Å². The number of rotatable bonds is 7. The summed E-state index contributed by atoms with van der Waals surface area (Å²) in [5.74, 6) is -0.140. The van der Waals surface area contributed by atoms with Gasteiger partial charge < -0.3 is 15.8 Å². The molecule has 0 spiro atoms. The van der Waals surface area contributed by atoms with Crippen LogP contribution in [0.2, 0.25) is 0 Å². The summed E-state index contributed by atoms with van der Waals surface area (Å²) < 4.78 is 5.75. The minimum atomic E-state index is -0.725. The molecule has 0 aliphatic carbocycles. The molecule has 0 fully saturated rings. The van der Waals surface area contributed by atoms with E-state index in [1.54, 1.807) is 0 Å². The Morgan fingerprint density at radius 3 is 2.43 bits per heavy atom. The third kappa shape index (κ3) is 5.47. The molecule has 2 rings (SSSR count). The highest BCUT2D eigenvalue weighted by molar-refractivity contribution is 5.85. The van der Waals surface area contributed by atoms with Gasteiger partial charge in [0.15, 0.2) is 0 Å². The minimum absolute atomic E-state index is 0.287. The van der Waals surface area contributed by atoms with Crippen LogP contribution in [-0.4, -0.2) is 17.9 Å². The first-order chi connectivity index (χ1) is 11.0. The van der Waals surface area contributed by atoms with E-state index in [4.69, 9.17) is 10.5 Å². The fourth-order valence-electron chi connectivity index (χ4n) is 2.21. The quantitative estimate of drug-likeness (QED) is 0.818. The Labute approximate surface area is 135 Å². The zero-order chi connectivity index (χ0) is 16.7. The SMILES string of the molecule is CC(=O)N[C@H](Cc1cccc(OCc2ccccc2)c1)C(N)=O. The molecule has 5 heteroatoms. The van der Waals surface area contributed by atoms with E-state index in [2.05, 4.69) is 5.32 Å². The Hall–Kier alpha value is -2.82. The van der Waals surface area contributed by atoms with Crippen LogP contribution in [0.3, 0.4) is 0 Å². The topological polar surface area (TPSA) is 81.4 Å². The lowest BCUT2D eigenvalue weighted by Crippen LogP contribution is -2.44. The number of nitrogens with one attached hydrogen (secondary N) is 1. The number of nitrogens with two attached hydrogens (primary N) is 1. The molecule has 0 heterocycles. The summed E-state index contributed by atoms with van der Waals surface area (Å²) in [4.78, 5) is 22.5. The number of hydrogen-bond donors (Lipinski definition) is 2. The summed E-state index contributed by atoms with van der Waals surface area (Å²) in [6.07, 6.45) is 0.331. The molecule has 0 saturated carbocycles. The Morgan fingerprint density at radius 1 is 1.09 bits per heavy atom. The highest BCUT2D eigenvalue weighted by Gasteiger charge is 2.17. The van der Waals surface area contributed by atoms with Gasteiger partial charge >= 0.3 is 0 Å². The van der Waals surface area contributed by atoms with Crippen LogP contribution in [0.1, 0.15) is 18.1 Å². The third-order valence-electron chi connectivity index (χ3n) is 3.31. The maximum Gasteiger partial charge on any atom is 0.240 e. The van der Waals surface area contributed by atoms with Crippen LogP contribution in [0.15, 0.2) is 54.6 Å². The normalized spacial score (nSPS) is 11.5. The van der Waals surface area contributed by atoms with Crippen molar-refractivity contribution in [3.05, 3.63) is 65.7 Å². The second-order valence-corrected chi connectivity index (χ2v) is 5.28. The lowest BCUT2D eigenvalue weighted by molar-refractivity contribution is -0.126. The molecule has 3 N–H and O–H groups in total. The zero-order valence-corrected chi connectivity index (χ0v) is 13.0. The maximum atomic E-state index is 11.4. The van der Waals surface area contributed by atoms with Crippen LogP contribution in [-0.2, 0) is 22.6 Å². The molecule has 23 heavy (non-hydrogen) atoms. The molecule has 2 aromatic rings. The van der Waals surface area contributed by atoms with Crippen molar-refractivity contribution >= 4 is 11.8 Å². The molecule has 5 nitrogen and oxygen atoms in total. The standard InChI is InChI=1S/C18H20N2O3/c1-13(21)20-17(18(19)22)11-15-8-5-9-16(10-15)23-12-14-6-3-2-4-7-14/h2-10,17H,11-12H2,1H3,(H2,19,22)(H,20,21)/t17-/m1/s1. The van der Waals surface area contributed by atoms with Crippen LogP contribution < -0.4 is 15.8 Å². The second kappa shape index (κ2) is 7.98. The molecule has 1 atom stereocenters. The summed E-state index contributed by atoms with van der Waals surface area (Å²) in [5, 5.41) is 2.55. The first kappa shape index (κ1) is 16.5. The summed E-state index contributed by atoms with van der Waals surface area (Å²) in [5.41, 5.74) is 7.26. The molecule has 0 radical (unpaired) electrons. The lowest BCUT2D eigenvalue weighted by Gasteiger charge is -2.15. The van der Waals surface area contributed by atoms with E-state index in [1.807, 2.05) is 54.6 Å². The van der Waals surface area contributed by atoms with Crippen molar-refractivity contribution in [1.29, 1.82) is 0 Å². The van der Waals surface area contributed by atoms with Gasteiger partial charge in [-0.3, -0.25) is 9.59 Å². The Balaban J connectivity index is 2.01. The predicted molar refractivity (Wildman–Crippen MR) is 87.7 cm³/mol. The van der Waals surface area contributed by atoms with E-state index in [1.165, 1.54) is 6.92 Å². The first-order valence-corrected chi connectivity index (χ1v) is 7.36. The highest BCUT2D eigenvalue weighted by Crippen LogP contribution is 2.16. The fourth-order valence-corrected chi connectivity index (χ4v) is 2.21. The molecular weight excluding hydrogens is 292 g/mol. The van der Waals surface area contributed by atoms with E-state index in [-0.39, 0.29) is 5.91 Å². The number of carbonyl (C=O) groups excluding carboxylic acids is 2. The van der Waals surface area contributed by atoms with E-state index in [9.17, 15) is 9.59 Å². The molecular formula is C18H20N2O3. The van der Waals surface area contributed by atoms with Crippen molar-refractivity contribution in [3.63, 3.8) is 0 Å². The van der Waals surface area contributed by atoms with Crippen molar-refractivity contribution in [3.8, 4) is 5.75 Å².